The van der Waals surface area contributed by atoms with Gasteiger partial charge >= 0.3 is 0 Å². The number of rotatable bonds is 3. The number of anilines is 1. The standard InChI is InChI=1S/C17H24N4O.ClH/c1-12(2)21-11-13-10-14(6-7-15(13)20-21)19-16(22)17(3)8-4-5-9-18-17;/h6-7,10-12,18H,4-5,8-9H2,1-3H3,(H,19,22);1H. The maximum atomic E-state index is 12.5. The first-order valence-corrected chi connectivity index (χ1v) is 8.03. The van der Waals surface area contributed by atoms with E-state index in [4.69, 9.17) is 0 Å². The molecule has 0 spiro atoms. The Balaban J connectivity index is 0.00000192. The van der Waals surface area contributed by atoms with E-state index in [1.54, 1.807) is 0 Å². The third kappa shape index (κ3) is 3.67. The number of hydrogen-bond acceptors (Lipinski definition) is 3. The lowest BCUT2D eigenvalue weighted by Gasteiger charge is -2.33. The molecule has 1 amide bonds. The summed E-state index contributed by atoms with van der Waals surface area (Å²) in [4.78, 5) is 12.5. The minimum atomic E-state index is -0.463. The Hall–Kier alpha value is -1.59. The Labute approximate surface area is 143 Å². The molecule has 2 heterocycles. The number of aromatic nitrogens is 2. The van der Waals surface area contributed by atoms with Crippen molar-refractivity contribution < 1.29 is 4.79 Å². The highest BCUT2D eigenvalue weighted by Gasteiger charge is 2.34. The Bertz CT molecular complexity index is 689. The number of halogens is 1. The molecule has 0 saturated carbocycles. The molecule has 5 nitrogen and oxygen atoms in total. The van der Waals surface area contributed by atoms with Crippen LogP contribution in [-0.4, -0.2) is 27.8 Å². The molecule has 1 saturated heterocycles. The van der Waals surface area contributed by atoms with E-state index in [-0.39, 0.29) is 18.3 Å². The predicted molar refractivity (Wildman–Crippen MR) is 96.3 cm³/mol. The van der Waals surface area contributed by atoms with Crippen LogP contribution in [0.3, 0.4) is 0 Å². The molecule has 0 radical (unpaired) electrons. The molecule has 126 valence electrons. The highest BCUT2D eigenvalue weighted by molar-refractivity contribution is 5.99. The van der Waals surface area contributed by atoms with Gasteiger partial charge in [-0.15, -0.1) is 12.4 Å². The van der Waals surface area contributed by atoms with Gasteiger partial charge < -0.3 is 10.6 Å². The molecule has 6 heteroatoms. The first-order chi connectivity index (χ1) is 10.5. The quantitative estimate of drug-likeness (QED) is 0.901. The molecule has 1 aromatic carbocycles. The van der Waals surface area contributed by atoms with Gasteiger partial charge in [0, 0.05) is 23.3 Å². The van der Waals surface area contributed by atoms with E-state index >= 15 is 0 Å². The van der Waals surface area contributed by atoms with E-state index in [0.29, 0.717) is 6.04 Å². The van der Waals surface area contributed by atoms with Crippen LogP contribution in [-0.2, 0) is 4.79 Å². The van der Waals surface area contributed by atoms with Gasteiger partial charge in [-0.3, -0.25) is 9.48 Å². The van der Waals surface area contributed by atoms with Crippen molar-refractivity contribution in [2.45, 2.75) is 51.6 Å². The third-order valence-corrected chi connectivity index (χ3v) is 4.43. The van der Waals surface area contributed by atoms with Gasteiger partial charge in [-0.1, -0.05) is 0 Å². The van der Waals surface area contributed by atoms with Crippen LogP contribution >= 0.6 is 12.4 Å². The number of fused-ring (bicyclic) bond motifs is 1. The molecular formula is C17H25ClN4O. The van der Waals surface area contributed by atoms with Gasteiger partial charge in [-0.05, 0) is 64.8 Å². The second kappa shape index (κ2) is 6.89. The van der Waals surface area contributed by atoms with Crippen LogP contribution in [0.5, 0.6) is 0 Å². The monoisotopic (exact) mass is 336 g/mol. The minimum absolute atomic E-state index is 0. The molecule has 1 unspecified atom stereocenters. The number of carbonyl (C=O) groups excluding carboxylic acids is 1. The number of carbonyl (C=O) groups is 1. The van der Waals surface area contributed by atoms with E-state index in [1.165, 1.54) is 0 Å². The summed E-state index contributed by atoms with van der Waals surface area (Å²) < 4.78 is 1.94. The summed E-state index contributed by atoms with van der Waals surface area (Å²) in [7, 11) is 0. The second-order valence-corrected chi connectivity index (χ2v) is 6.65. The number of amides is 1. The Morgan fingerprint density at radius 1 is 1.39 bits per heavy atom. The summed E-state index contributed by atoms with van der Waals surface area (Å²) >= 11 is 0. The van der Waals surface area contributed by atoms with Gasteiger partial charge in [0.15, 0.2) is 0 Å². The van der Waals surface area contributed by atoms with Crippen molar-refractivity contribution in [2.24, 2.45) is 0 Å². The van der Waals surface area contributed by atoms with Crippen LogP contribution in [0.15, 0.2) is 24.4 Å². The summed E-state index contributed by atoms with van der Waals surface area (Å²) in [6, 6.07) is 6.20. The molecule has 23 heavy (non-hydrogen) atoms. The third-order valence-electron chi connectivity index (χ3n) is 4.43. The highest BCUT2D eigenvalue weighted by Crippen LogP contribution is 2.23. The van der Waals surface area contributed by atoms with Crippen LogP contribution < -0.4 is 10.6 Å². The smallest absolute Gasteiger partial charge is 0.244 e. The zero-order valence-corrected chi connectivity index (χ0v) is 14.7. The van der Waals surface area contributed by atoms with E-state index in [9.17, 15) is 4.79 Å². The summed E-state index contributed by atoms with van der Waals surface area (Å²) in [6.45, 7) is 7.09. The average Bonchev–Trinajstić information content (AvgIpc) is 2.91. The number of benzene rings is 1. The first kappa shape index (κ1) is 17.8. The maximum Gasteiger partial charge on any atom is 0.244 e. The van der Waals surface area contributed by atoms with Crippen molar-refractivity contribution in [1.82, 2.24) is 15.1 Å². The fraction of sp³-hybridized carbons (Fsp3) is 0.529. The van der Waals surface area contributed by atoms with Crippen molar-refractivity contribution >= 4 is 34.9 Å². The topological polar surface area (TPSA) is 59.0 Å². The Kier molecular flexibility index (Phi) is 5.32. The molecule has 0 aliphatic carbocycles. The predicted octanol–water partition coefficient (Wildman–Crippen LogP) is 3.51. The maximum absolute atomic E-state index is 12.5. The molecule has 3 rings (SSSR count). The second-order valence-electron chi connectivity index (χ2n) is 6.65. The van der Waals surface area contributed by atoms with Gasteiger partial charge in [-0.25, -0.2) is 0 Å². The highest BCUT2D eigenvalue weighted by atomic mass is 35.5. The van der Waals surface area contributed by atoms with Crippen LogP contribution in [0, 0.1) is 0 Å². The number of hydrogen-bond donors (Lipinski definition) is 2. The van der Waals surface area contributed by atoms with E-state index in [1.807, 2.05) is 36.0 Å². The first-order valence-electron chi connectivity index (χ1n) is 8.03. The molecule has 2 aromatic rings. The van der Waals surface area contributed by atoms with Crippen LogP contribution in [0.25, 0.3) is 10.9 Å². The van der Waals surface area contributed by atoms with Crippen LogP contribution in [0.1, 0.15) is 46.1 Å². The molecular weight excluding hydrogens is 312 g/mol. The Morgan fingerprint density at radius 2 is 2.17 bits per heavy atom. The van der Waals surface area contributed by atoms with Crippen LogP contribution in [0.4, 0.5) is 5.69 Å². The molecule has 1 aromatic heterocycles. The summed E-state index contributed by atoms with van der Waals surface area (Å²) in [5.41, 5.74) is 1.32. The fourth-order valence-corrected chi connectivity index (χ4v) is 2.91. The van der Waals surface area contributed by atoms with E-state index in [0.717, 1.165) is 42.4 Å². The number of nitrogens with zero attached hydrogens (tertiary/aromatic N) is 2. The lowest BCUT2D eigenvalue weighted by atomic mass is 9.90. The van der Waals surface area contributed by atoms with Gasteiger partial charge in [0.05, 0.1) is 11.1 Å². The molecule has 1 aliphatic heterocycles. The SMILES string of the molecule is CC(C)n1cc2cc(NC(=O)C3(C)CCCCN3)ccc2n1.Cl. The Morgan fingerprint density at radius 3 is 2.83 bits per heavy atom. The zero-order chi connectivity index (χ0) is 15.7. The number of nitrogens with one attached hydrogen (secondary N) is 2. The van der Waals surface area contributed by atoms with Gasteiger partial charge in [-0.2, -0.15) is 5.10 Å². The lowest BCUT2D eigenvalue weighted by molar-refractivity contribution is -0.122. The van der Waals surface area contributed by atoms with Crippen molar-refractivity contribution in [3.8, 4) is 0 Å². The normalized spacial score (nSPS) is 21.2. The minimum Gasteiger partial charge on any atom is -0.324 e. The van der Waals surface area contributed by atoms with Gasteiger partial charge in [0.2, 0.25) is 5.91 Å². The molecule has 1 fully saturated rings. The summed E-state index contributed by atoms with van der Waals surface area (Å²) in [5, 5.41) is 12.0. The molecule has 1 aliphatic rings. The van der Waals surface area contributed by atoms with Crippen molar-refractivity contribution in [3.63, 3.8) is 0 Å². The van der Waals surface area contributed by atoms with Gasteiger partial charge in [0.1, 0.15) is 0 Å². The van der Waals surface area contributed by atoms with Crippen molar-refractivity contribution in [2.75, 3.05) is 11.9 Å². The van der Waals surface area contributed by atoms with Crippen molar-refractivity contribution in [3.05, 3.63) is 24.4 Å². The molecule has 1 atom stereocenters. The zero-order valence-electron chi connectivity index (χ0n) is 13.9. The van der Waals surface area contributed by atoms with E-state index < -0.39 is 5.54 Å². The largest absolute Gasteiger partial charge is 0.324 e. The summed E-state index contributed by atoms with van der Waals surface area (Å²) in [5.74, 6) is 0.0443. The van der Waals surface area contributed by atoms with Crippen molar-refractivity contribution in [1.29, 1.82) is 0 Å². The molecule has 2 N–H and O–H groups in total. The average molecular weight is 337 g/mol. The lowest BCUT2D eigenvalue weighted by Crippen LogP contribution is -2.54. The summed E-state index contributed by atoms with van der Waals surface area (Å²) in [6.07, 6.45) is 5.14. The molecule has 0 bridgehead atoms. The fourth-order valence-electron chi connectivity index (χ4n) is 2.91. The van der Waals surface area contributed by atoms with E-state index in [2.05, 4.69) is 29.6 Å². The number of piperidine rings is 1. The van der Waals surface area contributed by atoms with Gasteiger partial charge in [0.25, 0.3) is 0 Å². The van der Waals surface area contributed by atoms with Crippen LogP contribution in [0.2, 0.25) is 0 Å².